The second kappa shape index (κ2) is 7.43. The smallest absolute Gasteiger partial charge is 0.222 e. The molecular formula is C16H18F2N4O. The van der Waals surface area contributed by atoms with Crippen LogP contribution in [0, 0.1) is 11.6 Å². The predicted octanol–water partition coefficient (Wildman–Crippen LogP) is 2.24. The summed E-state index contributed by atoms with van der Waals surface area (Å²) in [5.41, 5.74) is 1.00. The van der Waals surface area contributed by atoms with E-state index in [1.165, 1.54) is 12.1 Å². The maximum absolute atomic E-state index is 13.2. The molecule has 0 saturated carbocycles. The van der Waals surface area contributed by atoms with Crippen molar-refractivity contribution in [2.45, 2.75) is 6.04 Å². The zero-order valence-electron chi connectivity index (χ0n) is 12.6. The number of nitrogens with one attached hydrogen (secondary N) is 1. The minimum absolute atomic E-state index is 0.0353. The van der Waals surface area contributed by atoms with Gasteiger partial charge in [-0.05, 0) is 17.7 Å². The molecule has 5 nitrogen and oxygen atoms in total. The van der Waals surface area contributed by atoms with E-state index >= 15 is 0 Å². The highest BCUT2D eigenvalue weighted by Gasteiger charge is 2.22. The lowest BCUT2D eigenvalue weighted by Gasteiger charge is -2.34. The summed E-state index contributed by atoms with van der Waals surface area (Å²) < 4.78 is 31.4. The maximum Gasteiger partial charge on any atom is 0.222 e. The van der Waals surface area contributed by atoms with Crippen molar-refractivity contribution >= 4 is 5.95 Å². The van der Waals surface area contributed by atoms with Crippen LogP contribution in [-0.2, 0) is 4.74 Å². The Bertz CT molecular complexity index is 615. The predicted molar refractivity (Wildman–Crippen MR) is 82.0 cm³/mol. The highest BCUT2D eigenvalue weighted by molar-refractivity contribution is 5.27. The Morgan fingerprint density at radius 3 is 2.35 bits per heavy atom. The van der Waals surface area contributed by atoms with Crippen LogP contribution in [0.25, 0.3) is 0 Å². The Morgan fingerprint density at radius 1 is 1.04 bits per heavy atom. The van der Waals surface area contributed by atoms with Crippen LogP contribution < -0.4 is 5.32 Å². The number of aromatic nitrogens is 2. The largest absolute Gasteiger partial charge is 0.379 e. The van der Waals surface area contributed by atoms with Gasteiger partial charge in [-0.25, -0.2) is 18.7 Å². The maximum atomic E-state index is 13.2. The number of hydrogen-bond acceptors (Lipinski definition) is 5. The molecule has 1 fully saturated rings. The van der Waals surface area contributed by atoms with E-state index in [1.807, 2.05) is 0 Å². The first-order chi connectivity index (χ1) is 11.2. The van der Waals surface area contributed by atoms with Crippen LogP contribution in [0.3, 0.4) is 0 Å². The molecule has 2 heterocycles. The van der Waals surface area contributed by atoms with Crippen molar-refractivity contribution in [2.24, 2.45) is 0 Å². The lowest BCUT2D eigenvalue weighted by atomic mass is 10.0. The van der Waals surface area contributed by atoms with E-state index in [2.05, 4.69) is 20.2 Å². The molecule has 1 aromatic carbocycles. The van der Waals surface area contributed by atoms with Crippen molar-refractivity contribution in [3.63, 3.8) is 0 Å². The Balaban J connectivity index is 1.74. The Hall–Kier alpha value is -2.12. The number of nitrogens with zero attached hydrogens (tertiary/aromatic N) is 3. The van der Waals surface area contributed by atoms with Crippen molar-refractivity contribution in [1.82, 2.24) is 14.9 Å². The molecule has 1 atom stereocenters. The fourth-order valence-corrected chi connectivity index (χ4v) is 2.62. The third-order valence-corrected chi connectivity index (χ3v) is 3.82. The summed E-state index contributed by atoms with van der Waals surface area (Å²) in [6.45, 7) is 3.48. The van der Waals surface area contributed by atoms with Gasteiger partial charge in [0.2, 0.25) is 5.95 Å². The number of rotatable bonds is 5. The molecule has 1 saturated heterocycles. The zero-order chi connectivity index (χ0) is 16.1. The molecule has 2 aromatic rings. The fourth-order valence-electron chi connectivity index (χ4n) is 2.62. The standard InChI is InChI=1S/C16H18F2N4O/c17-13-3-1-12(2-4-13)15(22-5-7-23-8-6-22)11-21-16-19-9-14(18)10-20-16/h1-4,9-10,15H,5-8,11H2,(H,19,20,21)/t15-/m1/s1. The zero-order valence-corrected chi connectivity index (χ0v) is 12.6. The molecule has 3 rings (SSSR count). The molecule has 0 radical (unpaired) electrons. The first kappa shape index (κ1) is 15.8. The second-order valence-electron chi connectivity index (χ2n) is 5.32. The Labute approximate surface area is 133 Å². The van der Waals surface area contributed by atoms with Gasteiger partial charge in [0.15, 0.2) is 5.82 Å². The van der Waals surface area contributed by atoms with Crippen molar-refractivity contribution in [1.29, 1.82) is 0 Å². The van der Waals surface area contributed by atoms with Gasteiger partial charge >= 0.3 is 0 Å². The second-order valence-corrected chi connectivity index (χ2v) is 5.32. The van der Waals surface area contributed by atoms with Gasteiger partial charge in [0, 0.05) is 19.6 Å². The molecule has 0 amide bonds. The molecule has 0 unspecified atom stereocenters. The van der Waals surface area contributed by atoms with E-state index in [1.54, 1.807) is 12.1 Å². The van der Waals surface area contributed by atoms with E-state index in [-0.39, 0.29) is 11.9 Å². The fraction of sp³-hybridized carbons (Fsp3) is 0.375. The van der Waals surface area contributed by atoms with Crippen LogP contribution in [0.4, 0.5) is 14.7 Å². The van der Waals surface area contributed by atoms with Crippen molar-refractivity contribution in [3.8, 4) is 0 Å². The average molecular weight is 320 g/mol. The van der Waals surface area contributed by atoms with E-state index in [0.29, 0.717) is 25.7 Å². The van der Waals surface area contributed by atoms with E-state index in [0.717, 1.165) is 31.0 Å². The number of ether oxygens (including phenoxy) is 1. The SMILES string of the molecule is Fc1ccc([C@@H](CNc2ncc(F)cn2)N2CCOCC2)cc1. The van der Waals surface area contributed by atoms with Crippen LogP contribution >= 0.6 is 0 Å². The van der Waals surface area contributed by atoms with Gasteiger partial charge < -0.3 is 10.1 Å². The molecule has 1 aliphatic rings. The molecule has 122 valence electrons. The quantitative estimate of drug-likeness (QED) is 0.916. The van der Waals surface area contributed by atoms with Gasteiger partial charge in [-0.2, -0.15) is 0 Å². The minimum Gasteiger partial charge on any atom is -0.379 e. The highest BCUT2D eigenvalue weighted by Crippen LogP contribution is 2.22. The van der Waals surface area contributed by atoms with Crippen LogP contribution in [0.5, 0.6) is 0 Å². The summed E-state index contributed by atoms with van der Waals surface area (Å²) in [4.78, 5) is 10.1. The summed E-state index contributed by atoms with van der Waals surface area (Å²) >= 11 is 0. The van der Waals surface area contributed by atoms with Gasteiger partial charge in [-0.15, -0.1) is 0 Å². The summed E-state index contributed by atoms with van der Waals surface area (Å²) in [6.07, 6.45) is 2.24. The Morgan fingerprint density at radius 2 is 1.70 bits per heavy atom. The summed E-state index contributed by atoms with van der Waals surface area (Å²) in [6, 6.07) is 6.51. The summed E-state index contributed by atoms with van der Waals surface area (Å²) in [7, 11) is 0. The van der Waals surface area contributed by atoms with Crippen molar-refractivity contribution in [3.05, 3.63) is 53.9 Å². The number of morpholine rings is 1. The van der Waals surface area contributed by atoms with Gasteiger partial charge in [0.25, 0.3) is 0 Å². The van der Waals surface area contributed by atoms with Crippen LogP contribution in [0.1, 0.15) is 11.6 Å². The molecular weight excluding hydrogens is 302 g/mol. The molecule has 23 heavy (non-hydrogen) atoms. The molecule has 0 spiro atoms. The number of halogens is 2. The number of anilines is 1. The van der Waals surface area contributed by atoms with E-state index in [9.17, 15) is 8.78 Å². The third kappa shape index (κ3) is 4.20. The molecule has 1 aliphatic heterocycles. The van der Waals surface area contributed by atoms with Gasteiger partial charge in [0.05, 0.1) is 31.6 Å². The van der Waals surface area contributed by atoms with E-state index < -0.39 is 5.82 Å². The normalized spacial score (nSPS) is 17.0. The summed E-state index contributed by atoms with van der Waals surface area (Å²) in [5.74, 6) is -0.366. The topological polar surface area (TPSA) is 50.3 Å². The van der Waals surface area contributed by atoms with Gasteiger partial charge in [-0.1, -0.05) is 12.1 Å². The van der Waals surface area contributed by atoms with Crippen molar-refractivity contribution in [2.75, 3.05) is 38.2 Å². The minimum atomic E-state index is -0.473. The Kier molecular flexibility index (Phi) is 5.09. The molecule has 0 aliphatic carbocycles. The lowest BCUT2D eigenvalue weighted by Crippen LogP contribution is -2.41. The lowest BCUT2D eigenvalue weighted by molar-refractivity contribution is 0.0186. The molecule has 1 N–H and O–H groups in total. The van der Waals surface area contributed by atoms with Crippen LogP contribution in [0.2, 0.25) is 0 Å². The number of hydrogen-bond donors (Lipinski definition) is 1. The average Bonchev–Trinajstić information content (AvgIpc) is 2.59. The number of benzene rings is 1. The monoisotopic (exact) mass is 320 g/mol. The molecule has 0 bridgehead atoms. The van der Waals surface area contributed by atoms with Crippen LogP contribution in [0.15, 0.2) is 36.7 Å². The van der Waals surface area contributed by atoms with Crippen molar-refractivity contribution < 1.29 is 13.5 Å². The van der Waals surface area contributed by atoms with Gasteiger partial charge in [0.1, 0.15) is 5.82 Å². The first-order valence-electron chi connectivity index (χ1n) is 7.51. The highest BCUT2D eigenvalue weighted by atomic mass is 19.1. The molecule has 1 aromatic heterocycles. The first-order valence-corrected chi connectivity index (χ1v) is 7.51. The van der Waals surface area contributed by atoms with Gasteiger partial charge in [-0.3, -0.25) is 4.90 Å². The van der Waals surface area contributed by atoms with Crippen LogP contribution in [-0.4, -0.2) is 47.7 Å². The molecule has 7 heteroatoms. The van der Waals surface area contributed by atoms with E-state index in [4.69, 9.17) is 4.74 Å². The summed E-state index contributed by atoms with van der Waals surface area (Å²) in [5, 5.41) is 3.12. The third-order valence-electron chi connectivity index (χ3n) is 3.82.